The topological polar surface area (TPSA) is 69.8 Å². The molecule has 0 spiro atoms. The molecule has 1 atom stereocenters. The van der Waals surface area contributed by atoms with E-state index in [0.29, 0.717) is 12.6 Å². The van der Waals surface area contributed by atoms with E-state index in [1.54, 1.807) is 7.05 Å². The van der Waals surface area contributed by atoms with Crippen molar-refractivity contribution in [2.45, 2.75) is 19.5 Å². The van der Waals surface area contributed by atoms with Gasteiger partial charge in [-0.1, -0.05) is 24.3 Å². The highest BCUT2D eigenvalue weighted by Crippen LogP contribution is 2.13. The van der Waals surface area contributed by atoms with Gasteiger partial charge in [-0.05, 0) is 31.2 Å². The maximum absolute atomic E-state index is 4.29. The molecule has 3 rings (SSSR count). The van der Waals surface area contributed by atoms with Gasteiger partial charge in [-0.3, -0.25) is 9.39 Å². The van der Waals surface area contributed by atoms with E-state index in [-0.39, 0.29) is 24.0 Å². The Kier molecular flexibility index (Phi) is 7.83. The summed E-state index contributed by atoms with van der Waals surface area (Å²) in [6.07, 6.45) is 1.96. The van der Waals surface area contributed by atoms with Crippen LogP contribution >= 0.6 is 24.0 Å². The summed E-state index contributed by atoms with van der Waals surface area (Å²) >= 11 is 0. The number of nitrogens with zero attached hydrogens (tertiary/aromatic N) is 5. The molecule has 2 N–H and O–H groups in total. The summed E-state index contributed by atoms with van der Waals surface area (Å²) in [4.78, 5) is 6.53. The number of aromatic nitrogens is 3. The van der Waals surface area contributed by atoms with Crippen LogP contribution in [0.15, 0.2) is 59.7 Å². The summed E-state index contributed by atoms with van der Waals surface area (Å²) in [6, 6.07) is 16.5. The third-order valence-electron chi connectivity index (χ3n) is 4.41. The Morgan fingerprint density at radius 3 is 2.59 bits per heavy atom. The van der Waals surface area contributed by atoms with E-state index in [1.807, 2.05) is 34.9 Å². The first-order valence-corrected chi connectivity index (χ1v) is 8.70. The van der Waals surface area contributed by atoms with E-state index in [4.69, 9.17) is 0 Å². The number of rotatable bonds is 6. The van der Waals surface area contributed by atoms with E-state index < -0.39 is 0 Å². The molecule has 0 aliphatic carbocycles. The van der Waals surface area contributed by atoms with Crippen molar-refractivity contribution in [3.05, 3.63) is 60.6 Å². The van der Waals surface area contributed by atoms with Crippen molar-refractivity contribution in [3.8, 4) is 0 Å². The Morgan fingerprint density at radius 2 is 1.85 bits per heavy atom. The molecule has 2 aromatic heterocycles. The Balaban J connectivity index is 0.00000261. The lowest BCUT2D eigenvalue weighted by Crippen LogP contribution is -2.44. The molecule has 0 radical (unpaired) electrons. The summed E-state index contributed by atoms with van der Waals surface area (Å²) in [6.45, 7) is 3.50. The van der Waals surface area contributed by atoms with Crippen molar-refractivity contribution in [1.29, 1.82) is 0 Å². The minimum Gasteiger partial charge on any atom is -0.370 e. The highest BCUT2D eigenvalue weighted by atomic mass is 127. The molecule has 7 nitrogen and oxygen atoms in total. The van der Waals surface area contributed by atoms with Gasteiger partial charge in [0.1, 0.15) is 0 Å². The van der Waals surface area contributed by atoms with Gasteiger partial charge in [0.15, 0.2) is 17.4 Å². The molecule has 0 bridgehead atoms. The van der Waals surface area contributed by atoms with Gasteiger partial charge < -0.3 is 15.5 Å². The molecule has 3 aromatic rings. The monoisotopic (exact) mass is 479 g/mol. The molecule has 0 aliphatic heterocycles. The second kappa shape index (κ2) is 10.1. The van der Waals surface area contributed by atoms with Gasteiger partial charge in [-0.2, -0.15) is 0 Å². The molecule has 0 aliphatic rings. The fourth-order valence-electron chi connectivity index (χ4n) is 2.69. The van der Waals surface area contributed by atoms with Crippen molar-refractivity contribution < 1.29 is 0 Å². The Morgan fingerprint density at radius 1 is 1.11 bits per heavy atom. The number of nitrogens with one attached hydrogen (secondary N) is 2. The van der Waals surface area contributed by atoms with Crippen LogP contribution in [0.5, 0.6) is 0 Å². The van der Waals surface area contributed by atoms with Crippen LogP contribution in [-0.4, -0.2) is 47.2 Å². The first-order valence-electron chi connectivity index (χ1n) is 8.70. The van der Waals surface area contributed by atoms with Gasteiger partial charge in [0, 0.05) is 38.6 Å². The summed E-state index contributed by atoms with van der Waals surface area (Å²) in [5.41, 5.74) is 2.03. The predicted octanol–water partition coefficient (Wildman–Crippen LogP) is 2.54. The van der Waals surface area contributed by atoms with Gasteiger partial charge in [0.25, 0.3) is 0 Å². The van der Waals surface area contributed by atoms with Crippen LogP contribution < -0.4 is 15.5 Å². The normalized spacial score (nSPS) is 12.3. The number of anilines is 1. The summed E-state index contributed by atoms with van der Waals surface area (Å²) < 4.78 is 1.96. The molecule has 1 aromatic carbocycles. The van der Waals surface area contributed by atoms with Gasteiger partial charge in [-0.25, -0.2) is 0 Å². The van der Waals surface area contributed by atoms with Crippen molar-refractivity contribution in [2.24, 2.45) is 4.99 Å². The van der Waals surface area contributed by atoms with Crippen LogP contribution in [0.25, 0.3) is 5.65 Å². The zero-order chi connectivity index (χ0) is 18.4. The number of likely N-dealkylation sites (N-methyl/N-ethyl adjacent to an activating group) is 1. The molecule has 0 amide bonds. The first kappa shape index (κ1) is 20.9. The predicted molar refractivity (Wildman–Crippen MR) is 121 cm³/mol. The summed E-state index contributed by atoms with van der Waals surface area (Å²) in [5.74, 6) is 1.59. The minimum absolute atomic E-state index is 0. The number of benzene rings is 1. The molecule has 0 saturated heterocycles. The second-order valence-electron chi connectivity index (χ2n) is 6.15. The average molecular weight is 479 g/mol. The standard InChI is InChI=1S/C19H25N7.HI/c1-15(25(3)16-9-5-4-6-10-16)13-21-19(20-2)22-14-18-24-23-17-11-7-8-12-26(17)18;/h4-12,15H,13-14H2,1-3H3,(H2,20,21,22);1H. The number of para-hydroxylation sites is 1. The fraction of sp³-hybridized carbons (Fsp3) is 0.316. The van der Waals surface area contributed by atoms with Crippen molar-refractivity contribution in [1.82, 2.24) is 25.2 Å². The number of hydrogen-bond donors (Lipinski definition) is 2. The van der Waals surface area contributed by atoms with E-state index in [1.165, 1.54) is 5.69 Å². The molecule has 0 saturated carbocycles. The van der Waals surface area contributed by atoms with Crippen LogP contribution in [0.3, 0.4) is 0 Å². The quantitative estimate of drug-likeness (QED) is 0.323. The Labute approximate surface area is 176 Å². The van der Waals surface area contributed by atoms with Crippen molar-refractivity contribution in [3.63, 3.8) is 0 Å². The summed E-state index contributed by atoms with van der Waals surface area (Å²) in [7, 11) is 3.86. The minimum atomic E-state index is 0. The molecule has 0 fully saturated rings. The zero-order valence-corrected chi connectivity index (χ0v) is 18.2. The van der Waals surface area contributed by atoms with E-state index in [2.05, 4.69) is 69.0 Å². The fourth-order valence-corrected chi connectivity index (χ4v) is 2.69. The third kappa shape index (κ3) is 5.31. The van der Waals surface area contributed by atoms with Crippen LogP contribution in [0.4, 0.5) is 5.69 Å². The molecule has 144 valence electrons. The van der Waals surface area contributed by atoms with Crippen LogP contribution in [0, 0.1) is 0 Å². The number of guanidine groups is 1. The van der Waals surface area contributed by atoms with E-state index in [0.717, 1.165) is 24.0 Å². The number of hydrogen-bond acceptors (Lipinski definition) is 4. The lowest BCUT2D eigenvalue weighted by molar-refractivity contribution is 0.646. The van der Waals surface area contributed by atoms with Gasteiger partial charge in [-0.15, -0.1) is 34.2 Å². The zero-order valence-electron chi connectivity index (χ0n) is 15.8. The molecule has 27 heavy (non-hydrogen) atoms. The number of aliphatic imine (C=N–C) groups is 1. The summed E-state index contributed by atoms with van der Waals surface area (Å²) in [5, 5.41) is 15.0. The molecule has 1 unspecified atom stereocenters. The third-order valence-corrected chi connectivity index (χ3v) is 4.41. The molecular weight excluding hydrogens is 453 g/mol. The number of halogens is 1. The smallest absolute Gasteiger partial charge is 0.191 e. The number of fused-ring (bicyclic) bond motifs is 1. The SMILES string of the molecule is CN=C(NCc1nnc2ccccn12)NCC(C)N(C)c1ccccc1.I. The van der Waals surface area contributed by atoms with Gasteiger partial charge in [0.05, 0.1) is 6.54 Å². The largest absolute Gasteiger partial charge is 0.370 e. The molecule has 2 heterocycles. The maximum Gasteiger partial charge on any atom is 0.191 e. The Bertz CT molecular complexity index is 863. The second-order valence-corrected chi connectivity index (χ2v) is 6.15. The first-order chi connectivity index (χ1) is 12.7. The van der Waals surface area contributed by atoms with Crippen LogP contribution in [0.2, 0.25) is 0 Å². The average Bonchev–Trinajstić information content (AvgIpc) is 3.11. The lowest BCUT2D eigenvalue weighted by atomic mass is 10.2. The van der Waals surface area contributed by atoms with Crippen molar-refractivity contribution in [2.75, 3.05) is 25.5 Å². The maximum atomic E-state index is 4.29. The van der Waals surface area contributed by atoms with Gasteiger partial charge in [0.2, 0.25) is 0 Å². The van der Waals surface area contributed by atoms with Crippen LogP contribution in [0.1, 0.15) is 12.7 Å². The van der Waals surface area contributed by atoms with Gasteiger partial charge >= 0.3 is 0 Å². The highest BCUT2D eigenvalue weighted by molar-refractivity contribution is 14.0. The molecule has 8 heteroatoms. The lowest BCUT2D eigenvalue weighted by Gasteiger charge is -2.27. The van der Waals surface area contributed by atoms with Crippen molar-refractivity contribution >= 4 is 41.3 Å². The van der Waals surface area contributed by atoms with E-state index in [9.17, 15) is 0 Å². The molecular formula is C19H26IN7. The number of pyridine rings is 1. The van der Waals surface area contributed by atoms with E-state index >= 15 is 0 Å². The Hall–Kier alpha value is -2.36. The van der Waals surface area contributed by atoms with Crippen LogP contribution in [-0.2, 0) is 6.54 Å². The highest BCUT2D eigenvalue weighted by Gasteiger charge is 2.11.